The largest absolute Gasteiger partial charge is 0.290 e. The first-order valence-corrected chi connectivity index (χ1v) is 8.36. The third kappa shape index (κ3) is 2.55. The van der Waals surface area contributed by atoms with E-state index in [2.05, 4.69) is 42.6 Å². The van der Waals surface area contributed by atoms with Crippen LogP contribution in [0.1, 0.15) is 30.1 Å². The van der Waals surface area contributed by atoms with Crippen molar-refractivity contribution in [3.05, 3.63) is 53.6 Å². The molecular weight excluding hydrogens is 294 g/mol. The molecule has 112 valence electrons. The number of hydrogen-bond acceptors (Lipinski definition) is 5. The molecule has 5 nitrogen and oxygen atoms in total. The summed E-state index contributed by atoms with van der Waals surface area (Å²) in [5.74, 6) is 0. The highest BCUT2D eigenvalue weighted by Crippen LogP contribution is 2.34. The molecule has 4 heterocycles. The standard InChI is InChI=1S/C16H17N5S/c1-3-14(13-5-6-17-11-18-13)21(7-1)10-12-9-19-20-16(12)15-4-2-8-22-15/h2,4-6,8-9,11,14H,1,3,7,10H2,(H,19,20)/t14-/m1/s1. The SMILES string of the molecule is c1csc(-c2[nH]ncc2CN2CCC[C@@H]2c2ccncn2)c1. The second kappa shape index (κ2) is 5.98. The van der Waals surface area contributed by atoms with Gasteiger partial charge in [0.1, 0.15) is 6.33 Å². The number of likely N-dealkylation sites (tertiary alicyclic amines) is 1. The van der Waals surface area contributed by atoms with Gasteiger partial charge in [0.2, 0.25) is 0 Å². The maximum atomic E-state index is 4.44. The van der Waals surface area contributed by atoms with Crippen LogP contribution in [0.25, 0.3) is 10.6 Å². The fourth-order valence-electron chi connectivity index (χ4n) is 3.13. The zero-order valence-corrected chi connectivity index (χ0v) is 13.0. The molecule has 0 spiro atoms. The number of H-pyrrole nitrogens is 1. The minimum absolute atomic E-state index is 0.383. The smallest absolute Gasteiger partial charge is 0.115 e. The first kappa shape index (κ1) is 13.6. The van der Waals surface area contributed by atoms with E-state index in [9.17, 15) is 0 Å². The minimum Gasteiger partial charge on any atom is -0.290 e. The molecule has 3 aromatic rings. The van der Waals surface area contributed by atoms with Gasteiger partial charge in [-0.15, -0.1) is 11.3 Å². The zero-order valence-electron chi connectivity index (χ0n) is 12.1. The number of aromatic nitrogens is 4. The van der Waals surface area contributed by atoms with Gasteiger partial charge < -0.3 is 0 Å². The molecule has 1 fully saturated rings. The molecule has 1 atom stereocenters. The highest BCUT2D eigenvalue weighted by Gasteiger charge is 2.28. The maximum absolute atomic E-state index is 4.44. The summed E-state index contributed by atoms with van der Waals surface area (Å²) in [5.41, 5.74) is 3.51. The van der Waals surface area contributed by atoms with Crippen LogP contribution in [-0.4, -0.2) is 31.6 Å². The molecule has 0 unspecified atom stereocenters. The van der Waals surface area contributed by atoms with E-state index in [1.807, 2.05) is 18.5 Å². The van der Waals surface area contributed by atoms with Gasteiger partial charge >= 0.3 is 0 Å². The van der Waals surface area contributed by atoms with Crippen molar-refractivity contribution >= 4 is 11.3 Å². The number of nitrogens with zero attached hydrogens (tertiary/aromatic N) is 4. The summed E-state index contributed by atoms with van der Waals surface area (Å²) in [7, 11) is 0. The van der Waals surface area contributed by atoms with Crippen LogP contribution in [0.5, 0.6) is 0 Å². The molecule has 1 N–H and O–H groups in total. The Morgan fingerprint density at radius 2 is 2.36 bits per heavy atom. The van der Waals surface area contributed by atoms with Gasteiger partial charge in [-0.2, -0.15) is 5.10 Å². The van der Waals surface area contributed by atoms with E-state index in [-0.39, 0.29) is 0 Å². The molecule has 4 rings (SSSR count). The van der Waals surface area contributed by atoms with E-state index in [0.29, 0.717) is 6.04 Å². The summed E-state index contributed by atoms with van der Waals surface area (Å²) < 4.78 is 0. The van der Waals surface area contributed by atoms with Crippen molar-refractivity contribution in [3.8, 4) is 10.6 Å². The van der Waals surface area contributed by atoms with Crippen molar-refractivity contribution in [2.75, 3.05) is 6.54 Å². The van der Waals surface area contributed by atoms with Gasteiger partial charge in [0.15, 0.2) is 0 Å². The lowest BCUT2D eigenvalue weighted by Gasteiger charge is -2.23. The number of nitrogens with one attached hydrogen (secondary N) is 1. The highest BCUT2D eigenvalue weighted by molar-refractivity contribution is 7.13. The summed E-state index contributed by atoms with van der Waals surface area (Å²) in [6, 6.07) is 6.62. The lowest BCUT2D eigenvalue weighted by Crippen LogP contribution is -2.23. The minimum atomic E-state index is 0.383. The van der Waals surface area contributed by atoms with Crippen molar-refractivity contribution in [3.63, 3.8) is 0 Å². The van der Waals surface area contributed by atoms with Gasteiger partial charge in [-0.25, -0.2) is 9.97 Å². The molecule has 0 radical (unpaired) electrons. The van der Waals surface area contributed by atoms with Crippen LogP contribution >= 0.6 is 11.3 Å². The average Bonchev–Trinajstić information content (AvgIpc) is 3.30. The fraction of sp³-hybridized carbons (Fsp3) is 0.312. The first-order valence-electron chi connectivity index (χ1n) is 7.48. The molecule has 0 saturated carbocycles. The van der Waals surface area contributed by atoms with Gasteiger partial charge in [-0.05, 0) is 36.9 Å². The Labute approximate surface area is 133 Å². The van der Waals surface area contributed by atoms with Crippen molar-refractivity contribution in [1.82, 2.24) is 25.1 Å². The van der Waals surface area contributed by atoms with Crippen molar-refractivity contribution < 1.29 is 0 Å². The number of aromatic amines is 1. The van der Waals surface area contributed by atoms with Gasteiger partial charge in [0.25, 0.3) is 0 Å². The molecule has 0 aliphatic carbocycles. The Balaban J connectivity index is 1.58. The molecule has 0 bridgehead atoms. The van der Waals surface area contributed by atoms with Crippen LogP contribution in [0, 0.1) is 0 Å². The van der Waals surface area contributed by atoms with Gasteiger partial charge in [-0.3, -0.25) is 10.00 Å². The van der Waals surface area contributed by atoms with Crippen LogP contribution in [0.15, 0.2) is 42.3 Å². The summed E-state index contributed by atoms with van der Waals surface area (Å²) in [6.45, 7) is 2.00. The number of thiophene rings is 1. The molecule has 3 aromatic heterocycles. The van der Waals surface area contributed by atoms with Crippen LogP contribution in [0.2, 0.25) is 0 Å². The Kier molecular flexibility index (Phi) is 3.70. The molecular formula is C16H17N5S. The van der Waals surface area contributed by atoms with Crippen molar-refractivity contribution in [2.45, 2.75) is 25.4 Å². The van der Waals surface area contributed by atoms with E-state index >= 15 is 0 Å². The molecule has 1 aliphatic rings. The molecule has 0 amide bonds. The molecule has 1 aliphatic heterocycles. The predicted molar refractivity (Wildman–Crippen MR) is 86.3 cm³/mol. The summed E-state index contributed by atoms with van der Waals surface area (Å²) >= 11 is 1.74. The van der Waals surface area contributed by atoms with Crippen LogP contribution in [-0.2, 0) is 6.54 Å². The van der Waals surface area contributed by atoms with E-state index in [0.717, 1.165) is 30.9 Å². The number of hydrogen-bond donors (Lipinski definition) is 1. The van der Waals surface area contributed by atoms with Crippen LogP contribution < -0.4 is 0 Å². The topological polar surface area (TPSA) is 57.7 Å². The Hall–Kier alpha value is -2.05. The summed E-state index contributed by atoms with van der Waals surface area (Å²) in [6.07, 6.45) is 7.78. The Morgan fingerprint density at radius 3 is 3.18 bits per heavy atom. The van der Waals surface area contributed by atoms with E-state index in [1.54, 1.807) is 17.7 Å². The third-order valence-electron chi connectivity index (χ3n) is 4.17. The monoisotopic (exact) mass is 311 g/mol. The van der Waals surface area contributed by atoms with Crippen LogP contribution in [0.3, 0.4) is 0 Å². The molecule has 0 aromatic carbocycles. The highest BCUT2D eigenvalue weighted by atomic mass is 32.1. The Bertz CT molecular complexity index is 722. The summed E-state index contributed by atoms with van der Waals surface area (Å²) in [5, 5.41) is 9.49. The normalized spacial score (nSPS) is 18.8. The first-order chi connectivity index (χ1) is 10.9. The van der Waals surface area contributed by atoms with Gasteiger partial charge in [0, 0.05) is 18.3 Å². The van der Waals surface area contributed by atoms with E-state index in [4.69, 9.17) is 0 Å². The van der Waals surface area contributed by atoms with E-state index in [1.165, 1.54) is 16.9 Å². The lowest BCUT2D eigenvalue weighted by atomic mass is 10.1. The van der Waals surface area contributed by atoms with Crippen molar-refractivity contribution in [1.29, 1.82) is 0 Å². The maximum Gasteiger partial charge on any atom is 0.115 e. The quantitative estimate of drug-likeness (QED) is 0.803. The van der Waals surface area contributed by atoms with Gasteiger partial charge in [0.05, 0.1) is 28.5 Å². The molecule has 6 heteroatoms. The molecule has 22 heavy (non-hydrogen) atoms. The average molecular weight is 311 g/mol. The molecule has 1 saturated heterocycles. The second-order valence-corrected chi connectivity index (χ2v) is 6.46. The summed E-state index contributed by atoms with van der Waals surface area (Å²) in [4.78, 5) is 12.2. The zero-order chi connectivity index (χ0) is 14.8. The van der Waals surface area contributed by atoms with Gasteiger partial charge in [-0.1, -0.05) is 6.07 Å². The predicted octanol–water partition coefficient (Wildman–Crippen LogP) is 3.27. The van der Waals surface area contributed by atoms with Crippen molar-refractivity contribution in [2.24, 2.45) is 0 Å². The lowest BCUT2D eigenvalue weighted by molar-refractivity contribution is 0.244. The Morgan fingerprint density at radius 1 is 1.36 bits per heavy atom. The van der Waals surface area contributed by atoms with Crippen LogP contribution in [0.4, 0.5) is 0 Å². The fourth-order valence-corrected chi connectivity index (χ4v) is 3.89. The van der Waals surface area contributed by atoms with E-state index < -0.39 is 0 Å². The second-order valence-electron chi connectivity index (χ2n) is 5.51. The third-order valence-corrected chi connectivity index (χ3v) is 5.06. The number of rotatable bonds is 4.